The lowest BCUT2D eigenvalue weighted by molar-refractivity contribution is 0.0937. The molecule has 1 unspecified atom stereocenters. The minimum atomic E-state index is -0.294. The zero-order valence-electron chi connectivity index (χ0n) is 17.4. The van der Waals surface area contributed by atoms with Crippen LogP contribution < -0.4 is 10.1 Å². The molecule has 0 saturated heterocycles. The van der Waals surface area contributed by atoms with E-state index in [4.69, 9.17) is 21.3 Å². The topological polar surface area (TPSA) is 69.0 Å². The summed E-state index contributed by atoms with van der Waals surface area (Å²) in [4.78, 5) is 21.4. The number of aromatic nitrogens is 3. The van der Waals surface area contributed by atoms with Crippen molar-refractivity contribution in [3.8, 4) is 5.75 Å². The van der Waals surface area contributed by atoms with Gasteiger partial charge < -0.3 is 14.6 Å². The van der Waals surface area contributed by atoms with E-state index in [0.29, 0.717) is 23.7 Å². The van der Waals surface area contributed by atoms with Crippen molar-refractivity contribution in [1.82, 2.24) is 19.9 Å². The average molecular weight is 435 g/mol. The van der Waals surface area contributed by atoms with Crippen molar-refractivity contribution in [2.75, 3.05) is 6.61 Å². The van der Waals surface area contributed by atoms with Crippen LogP contribution >= 0.6 is 11.6 Å². The molecule has 31 heavy (non-hydrogen) atoms. The molecular formula is C24H23ClN4O2. The first-order valence-electron chi connectivity index (χ1n) is 10.1. The third-order valence-corrected chi connectivity index (χ3v) is 5.48. The average Bonchev–Trinajstić information content (AvgIpc) is 3.15. The van der Waals surface area contributed by atoms with E-state index in [-0.39, 0.29) is 11.9 Å². The molecule has 0 aliphatic carbocycles. The van der Waals surface area contributed by atoms with Crippen LogP contribution in [0, 0.1) is 6.92 Å². The molecule has 2 heterocycles. The van der Waals surface area contributed by atoms with Gasteiger partial charge in [-0.3, -0.25) is 9.78 Å². The van der Waals surface area contributed by atoms with Crippen LogP contribution in [0.1, 0.15) is 34.7 Å². The summed E-state index contributed by atoms with van der Waals surface area (Å²) in [6.45, 7) is 4.92. The molecule has 0 aliphatic heterocycles. The molecule has 0 radical (unpaired) electrons. The largest absolute Gasteiger partial charge is 0.492 e. The van der Waals surface area contributed by atoms with Crippen molar-refractivity contribution in [3.05, 3.63) is 89.0 Å². The zero-order valence-corrected chi connectivity index (χ0v) is 18.1. The van der Waals surface area contributed by atoms with Crippen molar-refractivity contribution in [3.63, 3.8) is 0 Å². The number of carbonyl (C=O) groups excluding carboxylic acids is 1. The number of amides is 1. The van der Waals surface area contributed by atoms with E-state index < -0.39 is 0 Å². The molecule has 2 aromatic carbocycles. The Hall–Kier alpha value is -3.38. The molecule has 0 fully saturated rings. The standard InChI is InChI=1S/C24H23ClN4O2/c1-16-14-19(9-10-20(16)25)31-13-12-29-22-8-4-3-7-21(22)28-23(29)17(2)27-24(30)18-6-5-11-26-15-18/h3-11,14-15,17H,12-13H2,1-2H3,(H,27,30). The first-order valence-corrected chi connectivity index (χ1v) is 10.5. The highest BCUT2D eigenvalue weighted by Crippen LogP contribution is 2.23. The lowest BCUT2D eigenvalue weighted by Gasteiger charge is -2.17. The van der Waals surface area contributed by atoms with Gasteiger partial charge in [0.25, 0.3) is 5.91 Å². The quantitative estimate of drug-likeness (QED) is 0.446. The number of nitrogens with zero attached hydrogens (tertiary/aromatic N) is 3. The van der Waals surface area contributed by atoms with Crippen LogP contribution in [0.5, 0.6) is 5.75 Å². The predicted octanol–water partition coefficient (Wildman–Crippen LogP) is 4.96. The molecule has 0 aliphatic rings. The van der Waals surface area contributed by atoms with E-state index in [1.807, 2.05) is 56.3 Å². The SMILES string of the molecule is Cc1cc(OCCn2c(C(C)NC(=O)c3cccnc3)nc3ccccc32)ccc1Cl. The number of fused-ring (bicyclic) bond motifs is 1. The molecular weight excluding hydrogens is 412 g/mol. The summed E-state index contributed by atoms with van der Waals surface area (Å²) in [5.41, 5.74) is 3.36. The fourth-order valence-electron chi connectivity index (χ4n) is 3.46. The lowest BCUT2D eigenvalue weighted by atomic mass is 10.2. The van der Waals surface area contributed by atoms with Gasteiger partial charge in [0.1, 0.15) is 18.2 Å². The minimum absolute atomic E-state index is 0.188. The van der Waals surface area contributed by atoms with Gasteiger partial charge in [-0.15, -0.1) is 0 Å². The number of imidazole rings is 1. The summed E-state index contributed by atoms with van der Waals surface area (Å²) >= 11 is 6.10. The van der Waals surface area contributed by atoms with Crippen molar-refractivity contribution < 1.29 is 9.53 Å². The van der Waals surface area contributed by atoms with Gasteiger partial charge in [0.15, 0.2) is 0 Å². The maximum absolute atomic E-state index is 12.6. The zero-order chi connectivity index (χ0) is 21.8. The number of hydrogen-bond donors (Lipinski definition) is 1. The Morgan fingerprint density at radius 1 is 1.19 bits per heavy atom. The van der Waals surface area contributed by atoms with Gasteiger partial charge >= 0.3 is 0 Å². The number of ether oxygens (including phenoxy) is 1. The van der Waals surface area contributed by atoms with Gasteiger partial charge in [0.05, 0.1) is 29.2 Å². The number of nitrogens with one attached hydrogen (secondary N) is 1. The van der Waals surface area contributed by atoms with Crippen LogP contribution in [-0.4, -0.2) is 27.0 Å². The van der Waals surface area contributed by atoms with Gasteiger partial charge in [-0.25, -0.2) is 4.98 Å². The van der Waals surface area contributed by atoms with Crippen LogP contribution in [0.3, 0.4) is 0 Å². The van der Waals surface area contributed by atoms with E-state index in [1.54, 1.807) is 24.5 Å². The van der Waals surface area contributed by atoms with E-state index in [0.717, 1.165) is 28.2 Å². The van der Waals surface area contributed by atoms with E-state index in [9.17, 15) is 4.79 Å². The van der Waals surface area contributed by atoms with Gasteiger partial charge in [-0.05, 0) is 61.9 Å². The Kier molecular flexibility index (Phi) is 6.18. The van der Waals surface area contributed by atoms with Crippen LogP contribution in [0.4, 0.5) is 0 Å². The maximum atomic E-state index is 12.6. The Morgan fingerprint density at radius 2 is 2.03 bits per heavy atom. The molecule has 2 aromatic heterocycles. The van der Waals surface area contributed by atoms with Crippen molar-refractivity contribution in [2.45, 2.75) is 26.4 Å². The number of para-hydroxylation sites is 2. The van der Waals surface area contributed by atoms with Crippen LogP contribution in [-0.2, 0) is 6.54 Å². The number of carbonyl (C=O) groups is 1. The van der Waals surface area contributed by atoms with Crippen LogP contribution in [0.15, 0.2) is 67.0 Å². The summed E-state index contributed by atoms with van der Waals surface area (Å²) in [6, 6.07) is 16.7. The highest BCUT2D eigenvalue weighted by molar-refractivity contribution is 6.31. The van der Waals surface area contributed by atoms with Gasteiger partial charge in [-0.2, -0.15) is 0 Å². The second-order valence-electron chi connectivity index (χ2n) is 7.31. The maximum Gasteiger partial charge on any atom is 0.253 e. The van der Waals surface area contributed by atoms with Crippen molar-refractivity contribution in [2.24, 2.45) is 0 Å². The van der Waals surface area contributed by atoms with Gasteiger partial charge in [-0.1, -0.05) is 23.7 Å². The number of halogens is 1. The fraction of sp³-hybridized carbons (Fsp3) is 0.208. The number of hydrogen-bond acceptors (Lipinski definition) is 4. The Morgan fingerprint density at radius 3 is 2.81 bits per heavy atom. The molecule has 1 amide bonds. The van der Waals surface area contributed by atoms with Gasteiger partial charge in [0.2, 0.25) is 0 Å². The molecule has 158 valence electrons. The second kappa shape index (κ2) is 9.18. The van der Waals surface area contributed by atoms with E-state index >= 15 is 0 Å². The highest BCUT2D eigenvalue weighted by atomic mass is 35.5. The number of rotatable bonds is 7. The molecule has 6 nitrogen and oxygen atoms in total. The highest BCUT2D eigenvalue weighted by Gasteiger charge is 2.19. The third-order valence-electron chi connectivity index (χ3n) is 5.06. The van der Waals surface area contributed by atoms with Crippen molar-refractivity contribution >= 4 is 28.5 Å². The summed E-state index contributed by atoms with van der Waals surface area (Å²) < 4.78 is 8.04. The number of pyridine rings is 1. The summed E-state index contributed by atoms with van der Waals surface area (Å²) in [7, 11) is 0. The van der Waals surface area contributed by atoms with Gasteiger partial charge in [0, 0.05) is 17.4 Å². The van der Waals surface area contributed by atoms with Crippen LogP contribution in [0.25, 0.3) is 11.0 Å². The number of aryl methyl sites for hydroxylation is 1. The lowest BCUT2D eigenvalue weighted by Crippen LogP contribution is -2.29. The number of benzene rings is 2. The first-order chi connectivity index (χ1) is 15.0. The smallest absolute Gasteiger partial charge is 0.253 e. The third kappa shape index (κ3) is 4.70. The van der Waals surface area contributed by atoms with E-state index in [2.05, 4.69) is 14.9 Å². The normalized spacial score (nSPS) is 12.0. The molecule has 0 bridgehead atoms. The van der Waals surface area contributed by atoms with Crippen LogP contribution in [0.2, 0.25) is 5.02 Å². The fourth-order valence-corrected chi connectivity index (χ4v) is 3.58. The van der Waals surface area contributed by atoms with Crippen molar-refractivity contribution in [1.29, 1.82) is 0 Å². The summed E-state index contributed by atoms with van der Waals surface area (Å²) in [5.74, 6) is 1.35. The Labute approximate surface area is 185 Å². The molecule has 1 atom stereocenters. The first kappa shape index (κ1) is 20.9. The summed E-state index contributed by atoms with van der Waals surface area (Å²) in [6.07, 6.45) is 3.19. The Balaban J connectivity index is 1.53. The Bertz CT molecular complexity index is 1210. The molecule has 4 aromatic rings. The minimum Gasteiger partial charge on any atom is -0.492 e. The molecule has 4 rings (SSSR count). The molecule has 0 saturated carbocycles. The molecule has 7 heteroatoms. The molecule has 1 N–H and O–H groups in total. The van der Waals surface area contributed by atoms with E-state index in [1.165, 1.54) is 0 Å². The molecule has 0 spiro atoms. The predicted molar refractivity (Wildman–Crippen MR) is 122 cm³/mol. The monoisotopic (exact) mass is 434 g/mol. The summed E-state index contributed by atoms with van der Waals surface area (Å²) in [5, 5.41) is 3.73. The second-order valence-corrected chi connectivity index (χ2v) is 7.71.